The van der Waals surface area contributed by atoms with E-state index in [0.717, 1.165) is 32.1 Å². The van der Waals surface area contributed by atoms with Crippen molar-refractivity contribution in [2.45, 2.75) is 19.4 Å². The number of carbonyl (C=O) groups is 1. The number of hydrogen-bond donors (Lipinski definition) is 1. The molecule has 0 unspecified atom stereocenters. The van der Waals surface area contributed by atoms with Crippen molar-refractivity contribution in [3.8, 4) is 0 Å². The first-order chi connectivity index (χ1) is 8.66. The summed E-state index contributed by atoms with van der Waals surface area (Å²) in [4.78, 5) is 22.5. The Morgan fingerprint density at radius 1 is 1.44 bits per heavy atom. The van der Waals surface area contributed by atoms with Crippen molar-refractivity contribution in [1.82, 2.24) is 9.97 Å². The van der Waals surface area contributed by atoms with Gasteiger partial charge in [-0.15, -0.1) is 0 Å². The van der Waals surface area contributed by atoms with E-state index in [1.54, 1.807) is 18.5 Å². The van der Waals surface area contributed by atoms with Crippen LogP contribution >= 0.6 is 0 Å². The van der Waals surface area contributed by atoms with Crippen LogP contribution in [0.3, 0.4) is 0 Å². The second-order valence-corrected chi connectivity index (χ2v) is 4.67. The lowest BCUT2D eigenvalue weighted by molar-refractivity contribution is -0.923. The molecule has 1 aliphatic heterocycles. The van der Waals surface area contributed by atoms with Crippen molar-refractivity contribution >= 4 is 11.9 Å². The molecule has 0 radical (unpaired) electrons. The minimum Gasteiger partial charge on any atom is -0.550 e. The van der Waals surface area contributed by atoms with Gasteiger partial charge >= 0.3 is 0 Å². The highest BCUT2D eigenvalue weighted by atomic mass is 16.4. The van der Waals surface area contributed by atoms with Gasteiger partial charge in [-0.05, 0) is 13.0 Å². The lowest BCUT2D eigenvalue weighted by atomic mass is 10.2. The Balaban J connectivity index is 1.86. The zero-order chi connectivity index (χ0) is 13.0. The fourth-order valence-corrected chi connectivity index (χ4v) is 2.34. The number of nitrogens with one attached hydrogen (secondary N) is 1. The zero-order valence-corrected chi connectivity index (χ0v) is 10.5. The van der Waals surface area contributed by atoms with Gasteiger partial charge < -0.3 is 19.7 Å². The molecule has 1 aromatic rings. The summed E-state index contributed by atoms with van der Waals surface area (Å²) in [5, 5.41) is 10.6. The van der Waals surface area contributed by atoms with Crippen molar-refractivity contribution in [3.05, 3.63) is 18.5 Å². The van der Waals surface area contributed by atoms with E-state index in [9.17, 15) is 9.90 Å². The van der Waals surface area contributed by atoms with Gasteiger partial charge in [0.25, 0.3) is 0 Å². The molecule has 0 aliphatic carbocycles. The molecule has 1 fully saturated rings. The summed E-state index contributed by atoms with van der Waals surface area (Å²) in [5.74, 6) is -0.215. The summed E-state index contributed by atoms with van der Waals surface area (Å²) in [7, 11) is 0. The van der Waals surface area contributed by atoms with Crippen LogP contribution in [0.2, 0.25) is 0 Å². The third-order valence-electron chi connectivity index (χ3n) is 3.41. The molecule has 1 saturated heterocycles. The molecule has 0 spiro atoms. The predicted octanol–water partition coefficient (Wildman–Crippen LogP) is -2.29. The fraction of sp³-hybridized carbons (Fsp3) is 0.583. The Labute approximate surface area is 106 Å². The molecule has 6 heteroatoms. The summed E-state index contributed by atoms with van der Waals surface area (Å²) in [5.41, 5.74) is 0. The van der Waals surface area contributed by atoms with Gasteiger partial charge in [-0.2, -0.15) is 0 Å². The Hall–Kier alpha value is -1.69. The third kappa shape index (κ3) is 3.16. The Morgan fingerprint density at radius 2 is 2.06 bits per heavy atom. The number of nitrogens with zero attached hydrogens (tertiary/aromatic N) is 3. The average molecular weight is 250 g/mol. The van der Waals surface area contributed by atoms with Gasteiger partial charge in [0.1, 0.15) is 0 Å². The van der Waals surface area contributed by atoms with Crippen molar-refractivity contribution in [1.29, 1.82) is 0 Å². The van der Waals surface area contributed by atoms with Crippen LogP contribution < -0.4 is 14.9 Å². The van der Waals surface area contributed by atoms with E-state index in [-0.39, 0.29) is 12.5 Å². The number of anilines is 1. The van der Waals surface area contributed by atoms with Gasteiger partial charge in [0.15, 0.2) is 0 Å². The highest BCUT2D eigenvalue weighted by Crippen LogP contribution is 2.04. The number of quaternary nitrogens is 1. The summed E-state index contributed by atoms with van der Waals surface area (Å²) >= 11 is 0. The van der Waals surface area contributed by atoms with Gasteiger partial charge in [-0.1, -0.05) is 0 Å². The highest BCUT2D eigenvalue weighted by Gasteiger charge is 2.25. The molecule has 98 valence electrons. The molecule has 1 atom stereocenters. The fourth-order valence-electron chi connectivity index (χ4n) is 2.34. The summed E-state index contributed by atoms with van der Waals surface area (Å²) in [6.07, 6.45) is 3.59. The monoisotopic (exact) mass is 250 g/mol. The molecule has 6 nitrogen and oxygen atoms in total. The number of aromatic nitrogens is 2. The number of rotatable bonds is 4. The number of carboxylic acid groups (broad SMARTS) is 1. The molecule has 1 aliphatic rings. The van der Waals surface area contributed by atoms with Gasteiger partial charge in [-0.3, -0.25) is 0 Å². The number of carboxylic acids is 1. The van der Waals surface area contributed by atoms with Crippen molar-refractivity contribution in [2.75, 3.05) is 31.1 Å². The van der Waals surface area contributed by atoms with E-state index in [0.29, 0.717) is 0 Å². The second-order valence-electron chi connectivity index (χ2n) is 4.67. The lowest BCUT2D eigenvalue weighted by Gasteiger charge is -2.35. The Morgan fingerprint density at radius 3 is 2.61 bits per heavy atom. The average Bonchev–Trinajstić information content (AvgIpc) is 2.39. The van der Waals surface area contributed by atoms with Gasteiger partial charge in [-0.25, -0.2) is 9.97 Å². The smallest absolute Gasteiger partial charge is 0.225 e. The van der Waals surface area contributed by atoms with E-state index in [4.69, 9.17) is 0 Å². The van der Waals surface area contributed by atoms with Crippen LogP contribution in [0.15, 0.2) is 18.5 Å². The van der Waals surface area contributed by atoms with Gasteiger partial charge in [0.2, 0.25) is 5.95 Å². The lowest BCUT2D eigenvalue weighted by Crippen LogP contribution is -3.18. The SMILES string of the molecule is C[C@H](CC(=O)[O-])[NH+]1CCN(c2ncccn2)CC1. The standard InChI is InChI=1S/C12H18N4O2/c1-10(9-11(17)18)15-5-7-16(8-6-15)12-13-3-2-4-14-12/h2-4,10H,5-9H2,1H3,(H,17,18)/t10-/m1/s1. The van der Waals surface area contributed by atoms with E-state index in [2.05, 4.69) is 14.9 Å². The normalized spacial score (nSPS) is 18.6. The Kier molecular flexibility index (Phi) is 4.09. The first-order valence-electron chi connectivity index (χ1n) is 6.23. The minimum atomic E-state index is -0.969. The molecule has 0 saturated carbocycles. The molecule has 0 bridgehead atoms. The number of piperazine rings is 1. The third-order valence-corrected chi connectivity index (χ3v) is 3.41. The van der Waals surface area contributed by atoms with E-state index < -0.39 is 5.97 Å². The van der Waals surface area contributed by atoms with E-state index in [1.807, 2.05) is 6.92 Å². The quantitative estimate of drug-likeness (QED) is 0.651. The molecule has 18 heavy (non-hydrogen) atoms. The highest BCUT2D eigenvalue weighted by molar-refractivity contribution is 5.64. The van der Waals surface area contributed by atoms with Crippen LogP contribution in [0.25, 0.3) is 0 Å². The van der Waals surface area contributed by atoms with Crippen LogP contribution in [0, 0.1) is 0 Å². The molecule has 2 heterocycles. The molecular formula is C12H18N4O2. The molecule has 1 aromatic heterocycles. The largest absolute Gasteiger partial charge is 0.550 e. The van der Waals surface area contributed by atoms with Crippen molar-refractivity contribution in [2.24, 2.45) is 0 Å². The van der Waals surface area contributed by atoms with Crippen LogP contribution in [0.5, 0.6) is 0 Å². The number of aliphatic carboxylic acids is 1. The maximum atomic E-state index is 10.6. The Bertz CT molecular complexity index is 390. The van der Waals surface area contributed by atoms with E-state index in [1.165, 1.54) is 4.90 Å². The van der Waals surface area contributed by atoms with Gasteiger partial charge in [0.05, 0.1) is 32.2 Å². The van der Waals surface area contributed by atoms with E-state index >= 15 is 0 Å². The first kappa shape index (κ1) is 12.8. The van der Waals surface area contributed by atoms with Crippen LogP contribution in [0.4, 0.5) is 5.95 Å². The summed E-state index contributed by atoms with van der Waals surface area (Å²) in [6.45, 7) is 5.49. The predicted molar refractivity (Wildman–Crippen MR) is 64.0 cm³/mol. The molecular weight excluding hydrogens is 232 g/mol. The number of carbonyl (C=O) groups excluding carboxylic acids is 1. The van der Waals surface area contributed by atoms with Crippen LogP contribution in [0.1, 0.15) is 13.3 Å². The maximum absolute atomic E-state index is 10.6. The van der Waals surface area contributed by atoms with Crippen molar-refractivity contribution < 1.29 is 14.8 Å². The van der Waals surface area contributed by atoms with Crippen LogP contribution in [-0.4, -0.2) is 48.2 Å². The van der Waals surface area contributed by atoms with Crippen LogP contribution in [-0.2, 0) is 4.79 Å². The molecule has 1 N–H and O–H groups in total. The molecule has 0 amide bonds. The topological polar surface area (TPSA) is 73.6 Å². The maximum Gasteiger partial charge on any atom is 0.225 e. The summed E-state index contributed by atoms with van der Waals surface area (Å²) < 4.78 is 0. The first-order valence-corrected chi connectivity index (χ1v) is 6.23. The second kappa shape index (κ2) is 5.77. The zero-order valence-electron chi connectivity index (χ0n) is 10.5. The van der Waals surface area contributed by atoms with Gasteiger partial charge in [0, 0.05) is 24.8 Å². The number of hydrogen-bond acceptors (Lipinski definition) is 5. The van der Waals surface area contributed by atoms with Crippen molar-refractivity contribution in [3.63, 3.8) is 0 Å². The minimum absolute atomic E-state index is 0.105. The molecule has 0 aromatic carbocycles. The molecule has 2 rings (SSSR count). The summed E-state index contributed by atoms with van der Waals surface area (Å²) in [6, 6.07) is 1.90.